The van der Waals surface area contributed by atoms with Crippen molar-refractivity contribution in [3.8, 4) is 50.7 Å². The predicted octanol–water partition coefficient (Wildman–Crippen LogP) is 14.9. The predicted molar refractivity (Wildman–Crippen MR) is 252 cm³/mol. The summed E-state index contributed by atoms with van der Waals surface area (Å²) < 4.78 is 2.16. The third kappa shape index (κ3) is 7.48. The fraction of sp³-hybridized carbons (Fsp3) is 0. The smallest absolute Gasteiger partial charge is 0.168 e. The summed E-state index contributed by atoms with van der Waals surface area (Å²) in [5.41, 5.74) is 14.0. The van der Waals surface area contributed by atoms with Crippen LogP contribution in [0.3, 0.4) is 0 Å². The molecular weight excluding hydrogens is 743 g/mol. The van der Waals surface area contributed by atoms with E-state index in [0.29, 0.717) is 0 Å². The van der Waals surface area contributed by atoms with Crippen LogP contribution in [0.2, 0.25) is 0 Å². The first-order valence-electron chi connectivity index (χ1n) is 20.5. The zero-order valence-corrected chi connectivity index (χ0v) is 33.4. The summed E-state index contributed by atoms with van der Waals surface area (Å²) in [5.74, 6) is 1.54. The van der Waals surface area contributed by atoms with Gasteiger partial charge < -0.3 is 9.80 Å². The van der Waals surface area contributed by atoms with Crippen molar-refractivity contribution in [1.82, 2.24) is 14.8 Å². The molecule has 0 atom stereocenters. The lowest BCUT2D eigenvalue weighted by atomic mass is 10.00. The fourth-order valence-corrected chi connectivity index (χ4v) is 8.07. The zero-order chi connectivity index (χ0) is 40.8. The largest absolute Gasteiger partial charge is 0.310 e. The lowest BCUT2D eigenvalue weighted by Crippen LogP contribution is -2.10. The average Bonchev–Trinajstić information content (AvgIpc) is 3.79. The van der Waals surface area contributed by atoms with Gasteiger partial charge in [0.1, 0.15) is 0 Å². The van der Waals surface area contributed by atoms with Gasteiger partial charge in [0.2, 0.25) is 0 Å². The van der Waals surface area contributed by atoms with Crippen LogP contribution in [0.25, 0.3) is 50.7 Å². The van der Waals surface area contributed by atoms with E-state index in [1.54, 1.807) is 0 Å². The van der Waals surface area contributed by atoms with Gasteiger partial charge in [-0.3, -0.25) is 4.57 Å². The normalized spacial score (nSPS) is 11.0. The maximum Gasteiger partial charge on any atom is 0.168 e. The summed E-state index contributed by atoms with van der Waals surface area (Å²) in [4.78, 5) is 4.63. The molecule has 0 spiro atoms. The van der Waals surface area contributed by atoms with Crippen molar-refractivity contribution >= 4 is 34.1 Å². The highest BCUT2D eigenvalue weighted by molar-refractivity contribution is 5.90. The monoisotopic (exact) mass is 783 g/mol. The summed E-state index contributed by atoms with van der Waals surface area (Å²) >= 11 is 0. The highest BCUT2D eigenvalue weighted by Gasteiger charge is 2.21. The molecule has 61 heavy (non-hydrogen) atoms. The van der Waals surface area contributed by atoms with E-state index in [2.05, 4.69) is 257 Å². The van der Waals surface area contributed by atoms with Gasteiger partial charge in [-0.05, 0) is 83.9 Å². The van der Waals surface area contributed by atoms with Crippen LogP contribution in [-0.2, 0) is 0 Å². The van der Waals surface area contributed by atoms with E-state index in [1.165, 1.54) is 0 Å². The highest BCUT2D eigenvalue weighted by atomic mass is 15.3. The van der Waals surface area contributed by atoms with Crippen molar-refractivity contribution in [3.63, 3.8) is 0 Å². The quantitative estimate of drug-likeness (QED) is 0.131. The summed E-state index contributed by atoms with van der Waals surface area (Å²) in [5, 5.41) is 9.70. The molecule has 0 amide bonds. The Labute approximate surface area is 356 Å². The van der Waals surface area contributed by atoms with E-state index < -0.39 is 0 Å². The van der Waals surface area contributed by atoms with E-state index in [-0.39, 0.29) is 0 Å². The van der Waals surface area contributed by atoms with Crippen LogP contribution in [0.5, 0.6) is 0 Å². The molecule has 9 aromatic carbocycles. The molecule has 290 valence electrons. The Hall–Kier alpha value is -8.28. The molecule has 5 heteroatoms. The van der Waals surface area contributed by atoms with E-state index in [9.17, 15) is 0 Å². The lowest BCUT2D eigenvalue weighted by Gasteiger charge is -2.27. The minimum atomic E-state index is 0.770. The third-order valence-electron chi connectivity index (χ3n) is 10.9. The van der Waals surface area contributed by atoms with Crippen molar-refractivity contribution in [2.75, 3.05) is 9.80 Å². The van der Waals surface area contributed by atoms with E-state index >= 15 is 0 Å². The van der Waals surface area contributed by atoms with E-state index in [0.717, 1.165) is 84.8 Å². The molecule has 1 heterocycles. The number of benzene rings is 9. The van der Waals surface area contributed by atoms with Crippen molar-refractivity contribution in [3.05, 3.63) is 249 Å². The molecular formula is C56H41N5. The average molecular weight is 784 g/mol. The lowest BCUT2D eigenvalue weighted by molar-refractivity contribution is 1.07. The van der Waals surface area contributed by atoms with Gasteiger partial charge in [-0.25, -0.2) is 0 Å². The Morgan fingerprint density at radius 2 is 0.541 bits per heavy atom. The van der Waals surface area contributed by atoms with Crippen molar-refractivity contribution in [1.29, 1.82) is 0 Å². The molecule has 0 fully saturated rings. The minimum Gasteiger partial charge on any atom is -0.310 e. The Bertz CT molecular complexity index is 2720. The first-order valence-corrected chi connectivity index (χ1v) is 20.5. The Morgan fingerprint density at radius 3 is 0.885 bits per heavy atom. The van der Waals surface area contributed by atoms with Crippen LogP contribution in [0.1, 0.15) is 0 Å². The van der Waals surface area contributed by atoms with Crippen LogP contribution in [0.4, 0.5) is 34.1 Å². The van der Waals surface area contributed by atoms with E-state index in [4.69, 9.17) is 10.2 Å². The number of hydrogen-bond donors (Lipinski definition) is 0. The highest BCUT2D eigenvalue weighted by Crippen LogP contribution is 2.43. The number of anilines is 6. The number of nitrogens with zero attached hydrogens (tertiary/aromatic N) is 5. The molecule has 0 aliphatic rings. The summed E-state index contributed by atoms with van der Waals surface area (Å²) in [6.45, 7) is 0. The topological polar surface area (TPSA) is 37.2 Å². The Balaban J connectivity index is 1.01. The molecule has 0 saturated carbocycles. The van der Waals surface area contributed by atoms with Gasteiger partial charge >= 0.3 is 0 Å². The van der Waals surface area contributed by atoms with Crippen LogP contribution < -0.4 is 9.80 Å². The first kappa shape index (κ1) is 37.0. The number of aromatic nitrogens is 3. The molecule has 0 saturated heterocycles. The van der Waals surface area contributed by atoms with Gasteiger partial charge in [0.25, 0.3) is 0 Å². The second-order valence-electron chi connectivity index (χ2n) is 14.7. The summed E-state index contributed by atoms with van der Waals surface area (Å²) in [6, 6.07) is 87.0. The number of para-hydroxylation sites is 7. The minimum absolute atomic E-state index is 0.770. The maximum absolute atomic E-state index is 4.85. The molecule has 5 nitrogen and oxygen atoms in total. The molecule has 1 aromatic heterocycles. The SMILES string of the molecule is c1ccc(N(c2ccccc2)c2ccccc2-c2ccc(-c3nnc(-c4ccc(-c5ccccc5N(c5ccccc5)c5ccccc5)cc4)n3-c3ccccc3)cc2)cc1. The van der Waals surface area contributed by atoms with Crippen LogP contribution in [0.15, 0.2) is 249 Å². The maximum atomic E-state index is 4.85. The second kappa shape index (κ2) is 16.9. The van der Waals surface area contributed by atoms with Gasteiger partial charge in [0, 0.05) is 50.7 Å². The molecule has 10 rings (SSSR count). The molecule has 0 unspecified atom stereocenters. The van der Waals surface area contributed by atoms with Gasteiger partial charge in [-0.1, -0.05) is 176 Å². The molecule has 0 aliphatic heterocycles. The summed E-state index contributed by atoms with van der Waals surface area (Å²) in [7, 11) is 0. The van der Waals surface area contributed by atoms with Crippen LogP contribution >= 0.6 is 0 Å². The third-order valence-corrected chi connectivity index (χ3v) is 10.9. The number of hydrogen-bond acceptors (Lipinski definition) is 4. The standard InChI is InChI=1S/C56H41N5/c1-6-20-46(21-7-1)59(47-22-8-2-9-23-47)53-32-18-16-30-51(53)42-34-38-44(39-35-42)55-57-58-56(61(55)50-28-14-5-15-29-50)45-40-36-43(37-41-45)52-31-17-19-33-54(52)60(48-24-10-3-11-25-48)49-26-12-4-13-27-49/h1-41H. The van der Waals surface area contributed by atoms with Gasteiger partial charge in [-0.15, -0.1) is 10.2 Å². The van der Waals surface area contributed by atoms with Crippen LogP contribution in [-0.4, -0.2) is 14.8 Å². The molecule has 0 aliphatic carbocycles. The van der Waals surface area contributed by atoms with Gasteiger partial charge in [0.15, 0.2) is 11.6 Å². The summed E-state index contributed by atoms with van der Waals surface area (Å²) in [6.07, 6.45) is 0. The van der Waals surface area contributed by atoms with Gasteiger partial charge in [-0.2, -0.15) is 0 Å². The Morgan fingerprint density at radius 1 is 0.262 bits per heavy atom. The zero-order valence-electron chi connectivity index (χ0n) is 33.4. The molecule has 0 radical (unpaired) electrons. The van der Waals surface area contributed by atoms with Crippen molar-refractivity contribution in [2.45, 2.75) is 0 Å². The van der Waals surface area contributed by atoms with E-state index in [1.807, 2.05) is 6.07 Å². The second-order valence-corrected chi connectivity index (χ2v) is 14.7. The molecule has 10 aromatic rings. The fourth-order valence-electron chi connectivity index (χ4n) is 8.07. The van der Waals surface area contributed by atoms with Crippen molar-refractivity contribution in [2.24, 2.45) is 0 Å². The molecule has 0 bridgehead atoms. The van der Waals surface area contributed by atoms with Gasteiger partial charge in [0.05, 0.1) is 11.4 Å². The van der Waals surface area contributed by atoms with Crippen LogP contribution in [0, 0.1) is 0 Å². The number of rotatable bonds is 11. The first-order chi connectivity index (χ1) is 30.3. The van der Waals surface area contributed by atoms with Crippen molar-refractivity contribution < 1.29 is 0 Å². The molecule has 0 N–H and O–H groups in total. The Kier molecular flexibility index (Phi) is 10.3.